The molecule has 0 aliphatic rings. The highest BCUT2D eigenvalue weighted by molar-refractivity contribution is 9.10. The average molecular weight is 447 g/mol. The Bertz CT molecular complexity index is 800. The summed E-state index contributed by atoms with van der Waals surface area (Å²) in [6.45, 7) is 0. The number of carbonyl (C=O) groups excluding carboxylic acids is 2. The molecule has 2 rings (SSSR count). The Labute approximate surface area is 161 Å². The molecule has 9 heteroatoms. The molecule has 0 bridgehead atoms. The van der Waals surface area contributed by atoms with Crippen LogP contribution in [0.15, 0.2) is 46.9 Å². The van der Waals surface area contributed by atoms with E-state index < -0.39 is 11.8 Å². The van der Waals surface area contributed by atoms with E-state index in [0.29, 0.717) is 15.1 Å². The Balaban J connectivity index is 1.91. The van der Waals surface area contributed by atoms with Gasteiger partial charge in [-0.25, -0.2) is 0 Å². The van der Waals surface area contributed by atoms with Gasteiger partial charge in [0.1, 0.15) is 0 Å². The van der Waals surface area contributed by atoms with E-state index in [4.69, 9.17) is 35.4 Å². The summed E-state index contributed by atoms with van der Waals surface area (Å²) in [5, 5.41) is 3.15. The molecule has 0 saturated carbocycles. The predicted molar refractivity (Wildman–Crippen MR) is 101 cm³/mol. The van der Waals surface area contributed by atoms with E-state index in [-0.39, 0.29) is 15.7 Å². The van der Waals surface area contributed by atoms with Crippen LogP contribution in [0.5, 0.6) is 0 Å². The molecule has 124 valence electrons. The number of halogens is 3. The number of benzene rings is 2. The predicted octanol–water partition coefficient (Wildman–Crippen LogP) is 3.71. The summed E-state index contributed by atoms with van der Waals surface area (Å²) in [6.07, 6.45) is 0. The van der Waals surface area contributed by atoms with Gasteiger partial charge in [0.2, 0.25) is 0 Å². The van der Waals surface area contributed by atoms with Gasteiger partial charge in [0, 0.05) is 15.1 Å². The van der Waals surface area contributed by atoms with Crippen LogP contribution >= 0.6 is 51.3 Å². The summed E-state index contributed by atoms with van der Waals surface area (Å²) in [5.74, 6) is -0.928. The van der Waals surface area contributed by atoms with Crippen LogP contribution in [-0.2, 0) is 0 Å². The van der Waals surface area contributed by atoms with Crippen molar-refractivity contribution in [1.29, 1.82) is 0 Å². The molecule has 2 amide bonds. The fraction of sp³-hybridized carbons (Fsp3) is 0. The highest BCUT2D eigenvalue weighted by Crippen LogP contribution is 2.20. The molecule has 2 aromatic rings. The summed E-state index contributed by atoms with van der Waals surface area (Å²) in [4.78, 5) is 24.0. The summed E-state index contributed by atoms with van der Waals surface area (Å²) in [5.41, 5.74) is 5.45. The maximum absolute atomic E-state index is 12.1. The van der Waals surface area contributed by atoms with Crippen molar-refractivity contribution < 1.29 is 9.59 Å². The molecule has 5 nitrogen and oxygen atoms in total. The molecule has 2 aromatic carbocycles. The number of hydrogen-bond acceptors (Lipinski definition) is 3. The van der Waals surface area contributed by atoms with Gasteiger partial charge in [0.15, 0.2) is 5.11 Å². The zero-order valence-corrected chi connectivity index (χ0v) is 15.8. The van der Waals surface area contributed by atoms with Gasteiger partial charge in [0.25, 0.3) is 11.8 Å². The van der Waals surface area contributed by atoms with Crippen LogP contribution in [0.1, 0.15) is 20.7 Å². The van der Waals surface area contributed by atoms with Crippen molar-refractivity contribution >= 4 is 68.3 Å². The largest absolute Gasteiger partial charge is 0.298 e. The molecule has 0 aliphatic carbocycles. The lowest BCUT2D eigenvalue weighted by Crippen LogP contribution is -2.48. The van der Waals surface area contributed by atoms with Gasteiger partial charge in [-0.15, -0.1) is 0 Å². The fourth-order valence-corrected chi connectivity index (χ4v) is 2.49. The van der Waals surface area contributed by atoms with Crippen LogP contribution in [-0.4, -0.2) is 16.9 Å². The second-order valence-corrected chi connectivity index (χ2v) is 6.66. The molecule has 0 aliphatic heterocycles. The van der Waals surface area contributed by atoms with Crippen LogP contribution in [0.4, 0.5) is 0 Å². The highest BCUT2D eigenvalue weighted by Gasteiger charge is 2.13. The fourth-order valence-electron chi connectivity index (χ4n) is 1.66. The minimum absolute atomic E-state index is 0.0710. The Morgan fingerprint density at radius 2 is 1.62 bits per heavy atom. The molecular weight excluding hydrogens is 437 g/mol. The van der Waals surface area contributed by atoms with Crippen molar-refractivity contribution in [3.8, 4) is 0 Å². The molecule has 0 saturated heterocycles. The molecular formula is C15H10BrCl2N3O2S. The van der Waals surface area contributed by atoms with Crippen LogP contribution in [0, 0.1) is 0 Å². The highest BCUT2D eigenvalue weighted by atomic mass is 79.9. The normalized spacial score (nSPS) is 9.96. The molecule has 24 heavy (non-hydrogen) atoms. The van der Waals surface area contributed by atoms with Crippen molar-refractivity contribution in [3.05, 3.63) is 68.1 Å². The summed E-state index contributed by atoms with van der Waals surface area (Å²) >= 11 is 19.9. The van der Waals surface area contributed by atoms with Crippen LogP contribution in [0.2, 0.25) is 10.0 Å². The number of hydrogen-bond donors (Lipinski definition) is 3. The van der Waals surface area contributed by atoms with Gasteiger partial charge < -0.3 is 0 Å². The van der Waals surface area contributed by atoms with E-state index in [1.165, 1.54) is 0 Å². The van der Waals surface area contributed by atoms with Crippen molar-refractivity contribution in [2.75, 3.05) is 0 Å². The maximum atomic E-state index is 12.1. The van der Waals surface area contributed by atoms with Crippen molar-refractivity contribution in [1.82, 2.24) is 16.2 Å². The summed E-state index contributed by atoms with van der Waals surface area (Å²) in [7, 11) is 0. The second kappa shape index (κ2) is 8.43. The third-order valence-corrected chi connectivity index (χ3v) is 4.08. The number of amides is 2. The molecule has 0 spiro atoms. The van der Waals surface area contributed by atoms with Crippen molar-refractivity contribution in [3.63, 3.8) is 0 Å². The Morgan fingerprint density at radius 3 is 2.29 bits per heavy atom. The van der Waals surface area contributed by atoms with E-state index in [9.17, 15) is 9.59 Å². The second-order valence-electron chi connectivity index (χ2n) is 4.49. The van der Waals surface area contributed by atoms with Crippen molar-refractivity contribution in [2.24, 2.45) is 0 Å². The first-order chi connectivity index (χ1) is 11.4. The van der Waals surface area contributed by atoms with E-state index in [1.54, 1.807) is 42.5 Å². The van der Waals surface area contributed by atoms with Gasteiger partial charge in [-0.1, -0.05) is 39.1 Å². The van der Waals surface area contributed by atoms with Crippen molar-refractivity contribution in [2.45, 2.75) is 0 Å². The molecule has 0 fully saturated rings. The average Bonchev–Trinajstić information content (AvgIpc) is 2.55. The van der Waals surface area contributed by atoms with Gasteiger partial charge in [-0.3, -0.25) is 25.8 Å². The topological polar surface area (TPSA) is 70.2 Å². The SMILES string of the molecule is O=C(NNC(=S)NC(=O)c1cc(Br)ccc1Cl)c1ccc(Cl)cc1. The molecule has 0 atom stereocenters. The molecule has 0 aromatic heterocycles. The van der Waals surface area contributed by atoms with Crippen LogP contribution in [0.3, 0.4) is 0 Å². The lowest BCUT2D eigenvalue weighted by Gasteiger charge is -2.11. The van der Waals surface area contributed by atoms with E-state index in [2.05, 4.69) is 32.1 Å². The maximum Gasteiger partial charge on any atom is 0.269 e. The quantitative estimate of drug-likeness (QED) is 0.485. The molecule has 3 N–H and O–H groups in total. The molecule has 0 unspecified atom stereocenters. The third-order valence-electron chi connectivity index (χ3n) is 2.80. The number of hydrazine groups is 1. The van der Waals surface area contributed by atoms with Gasteiger partial charge in [0.05, 0.1) is 10.6 Å². The lowest BCUT2D eigenvalue weighted by molar-refractivity contribution is 0.0934. The first-order valence-corrected chi connectivity index (χ1v) is 8.45. The van der Waals surface area contributed by atoms with E-state index in [0.717, 1.165) is 0 Å². The minimum atomic E-state index is -0.500. The van der Waals surface area contributed by atoms with E-state index >= 15 is 0 Å². The zero-order valence-electron chi connectivity index (χ0n) is 11.9. The summed E-state index contributed by atoms with van der Waals surface area (Å²) < 4.78 is 0.701. The Hall–Kier alpha value is -1.67. The molecule has 0 radical (unpaired) electrons. The van der Waals surface area contributed by atoms with Crippen LogP contribution < -0.4 is 16.2 Å². The Kier molecular flexibility index (Phi) is 6.56. The summed E-state index contributed by atoms with van der Waals surface area (Å²) in [6, 6.07) is 11.1. The van der Waals surface area contributed by atoms with Gasteiger partial charge >= 0.3 is 0 Å². The number of nitrogens with one attached hydrogen (secondary N) is 3. The minimum Gasteiger partial charge on any atom is -0.298 e. The van der Waals surface area contributed by atoms with Gasteiger partial charge in [-0.2, -0.15) is 0 Å². The smallest absolute Gasteiger partial charge is 0.269 e. The Morgan fingerprint density at radius 1 is 0.958 bits per heavy atom. The molecule has 0 heterocycles. The number of carbonyl (C=O) groups is 2. The first-order valence-electron chi connectivity index (χ1n) is 6.49. The van der Waals surface area contributed by atoms with Crippen LogP contribution in [0.25, 0.3) is 0 Å². The number of rotatable bonds is 2. The standard InChI is InChI=1S/C15H10BrCl2N3O2S/c16-9-3-6-12(18)11(7-9)14(23)19-15(24)21-20-13(22)8-1-4-10(17)5-2-8/h1-7H,(H,20,22)(H2,19,21,23,24). The monoisotopic (exact) mass is 445 g/mol. The zero-order chi connectivity index (χ0) is 17.7. The lowest BCUT2D eigenvalue weighted by atomic mass is 10.2. The first kappa shape index (κ1) is 18.7. The number of thiocarbonyl (C=S) groups is 1. The van der Waals surface area contributed by atoms with E-state index in [1.807, 2.05) is 0 Å². The van der Waals surface area contributed by atoms with Gasteiger partial charge in [-0.05, 0) is 54.7 Å². The third kappa shape index (κ3) is 5.17.